The number of amides is 1. The third kappa shape index (κ3) is 3.66. The fraction of sp³-hybridized carbons (Fsp3) is 0.571. The number of halogens is 1. The Balaban J connectivity index is 2.31. The molecule has 1 amide bonds. The Kier molecular flexibility index (Phi) is 5.64. The Morgan fingerprint density at radius 3 is 3.04 bits per heavy atom. The molecule has 1 aromatic rings. The van der Waals surface area contributed by atoms with Gasteiger partial charge in [-0.25, -0.2) is 0 Å². The van der Waals surface area contributed by atoms with Crippen LogP contribution in [0.3, 0.4) is 0 Å². The molecule has 1 aromatic heterocycles. The minimum atomic E-state index is -0.758. The summed E-state index contributed by atoms with van der Waals surface area (Å²) in [5, 5.41) is 15.5. The molecule has 0 bridgehead atoms. The lowest BCUT2D eigenvalue weighted by molar-refractivity contribution is -0.0116. The van der Waals surface area contributed by atoms with Crippen LogP contribution in [0.2, 0.25) is 5.02 Å². The summed E-state index contributed by atoms with van der Waals surface area (Å²) in [6.07, 6.45) is 0.563. The third-order valence-corrected chi connectivity index (χ3v) is 4.48. The second kappa shape index (κ2) is 7.31. The molecule has 0 saturated carbocycles. The lowest BCUT2D eigenvalue weighted by Crippen LogP contribution is -2.64. The first-order valence-corrected chi connectivity index (χ1v) is 7.66. The van der Waals surface area contributed by atoms with Crippen LogP contribution in [-0.4, -0.2) is 54.4 Å². The van der Waals surface area contributed by atoms with E-state index in [9.17, 15) is 14.7 Å². The van der Waals surface area contributed by atoms with Gasteiger partial charge in [0.05, 0.1) is 16.7 Å². The molecular weight excluding hydrogens is 324 g/mol. The van der Waals surface area contributed by atoms with Crippen molar-refractivity contribution in [1.29, 1.82) is 0 Å². The van der Waals surface area contributed by atoms with Gasteiger partial charge in [-0.2, -0.15) is 0 Å². The van der Waals surface area contributed by atoms with Crippen LogP contribution in [-0.2, 0) is 4.74 Å². The Labute approximate surface area is 138 Å². The van der Waals surface area contributed by atoms with Crippen molar-refractivity contribution in [3.63, 3.8) is 0 Å². The SMILES string of the molecule is CO[C@@H]1CNCC[C@@]1(CCO)NC(=O)c1cc(Cl)c(N)[nH]c1=O. The molecule has 1 fully saturated rings. The highest BCUT2D eigenvalue weighted by Crippen LogP contribution is 2.25. The maximum absolute atomic E-state index is 12.6. The molecule has 2 atom stereocenters. The number of carbonyl (C=O) groups is 1. The molecule has 0 aliphatic carbocycles. The van der Waals surface area contributed by atoms with Crippen molar-refractivity contribution in [1.82, 2.24) is 15.6 Å². The summed E-state index contributed by atoms with van der Waals surface area (Å²) in [6, 6.07) is 1.24. The zero-order chi connectivity index (χ0) is 17.0. The van der Waals surface area contributed by atoms with Crippen LogP contribution in [0.4, 0.5) is 5.82 Å². The molecule has 0 spiro atoms. The van der Waals surface area contributed by atoms with Gasteiger partial charge in [0.1, 0.15) is 11.4 Å². The van der Waals surface area contributed by atoms with E-state index >= 15 is 0 Å². The van der Waals surface area contributed by atoms with E-state index in [1.54, 1.807) is 7.11 Å². The summed E-state index contributed by atoms with van der Waals surface area (Å²) < 4.78 is 5.45. The summed E-state index contributed by atoms with van der Waals surface area (Å²) in [7, 11) is 1.54. The van der Waals surface area contributed by atoms with Gasteiger partial charge in [-0.05, 0) is 25.5 Å². The number of nitrogens with one attached hydrogen (secondary N) is 3. The third-order valence-electron chi connectivity index (χ3n) is 4.16. The molecular formula is C14H21ClN4O4. The van der Waals surface area contributed by atoms with Crippen molar-refractivity contribution >= 4 is 23.3 Å². The summed E-state index contributed by atoms with van der Waals surface area (Å²) in [5.41, 5.74) is 4.00. The van der Waals surface area contributed by atoms with E-state index in [1.807, 2.05) is 0 Å². The number of aromatic amines is 1. The number of hydrogen-bond acceptors (Lipinski definition) is 6. The Bertz CT molecular complexity index is 632. The van der Waals surface area contributed by atoms with Crippen molar-refractivity contribution < 1.29 is 14.6 Å². The summed E-state index contributed by atoms with van der Waals surface area (Å²) in [6.45, 7) is 1.09. The van der Waals surface area contributed by atoms with Crippen LogP contribution in [0.25, 0.3) is 0 Å². The summed E-state index contributed by atoms with van der Waals surface area (Å²) in [4.78, 5) is 26.8. The summed E-state index contributed by atoms with van der Waals surface area (Å²) in [5.74, 6) is -0.569. The summed E-state index contributed by atoms with van der Waals surface area (Å²) >= 11 is 5.87. The molecule has 23 heavy (non-hydrogen) atoms. The van der Waals surface area contributed by atoms with Gasteiger partial charge in [0.15, 0.2) is 0 Å². The number of aromatic nitrogens is 1. The molecule has 0 unspecified atom stereocenters. The number of aliphatic hydroxyl groups excluding tert-OH is 1. The van der Waals surface area contributed by atoms with Crippen LogP contribution in [0, 0.1) is 0 Å². The maximum atomic E-state index is 12.6. The Morgan fingerprint density at radius 1 is 1.65 bits per heavy atom. The number of piperidine rings is 1. The van der Waals surface area contributed by atoms with E-state index in [4.69, 9.17) is 22.1 Å². The number of pyridine rings is 1. The van der Waals surface area contributed by atoms with Gasteiger partial charge in [-0.3, -0.25) is 9.59 Å². The number of ether oxygens (including phenoxy) is 1. The minimum Gasteiger partial charge on any atom is -0.396 e. The van der Waals surface area contributed by atoms with E-state index in [0.717, 1.165) is 0 Å². The van der Waals surface area contributed by atoms with Gasteiger partial charge < -0.3 is 31.2 Å². The average molecular weight is 345 g/mol. The molecule has 128 valence electrons. The van der Waals surface area contributed by atoms with Gasteiger partial charge in [0.2, 0.25) is 0 Å². The molecule has 6 N–H and O–H groups in total. The fourth-order valence-corrected chi connectivity index (χ4v) is 3.04. The van der Waals surface area contributed by atoms with Crippen LogP contribution < -0.4 is 21.9 Å². The first-order valence-electron chi connectivity index (χ1n) is 7.28. The molecule has 2 heterocycles. The van der Waals surface area contributed by atoms with Crippen molar-refractivity contribution in [2.45, 2.75) is 24.5 Å². The first-order chi connectivity index (χ1) is 10.9. The first kappa shape index (κ1) is 17.7. The van der Waals surface area contributed by atoms with Gasteiger partial charge >= 0.3 is 0 Å². The number of methoxy groups -OCH3 is 1. The van der Waals surface area contributed by atoms with Crippen LogP contribution >= 0.6 is 11.6 Å². The highest BCUT2D eigenvalue weighted by Gasteiger charge is 2.42. The lowest BCUT2D eigenvalue weighted by atomic mass is 9.82. The molecule has 8 nitrogen and oxygen atoms in total. The predicted octanol–water partition coefficient (Wildman–Crippen LogP) is -0.530. The van der Waals surface area contributed by atoms with Crippen LogP contribution in [0.15, 0.2) is 10.9 Å². The quantitative estimate of drug-likeness (QED) is 0.488. The molecule has 9 heteroatoms. The molecule has 1 aliphatic heterocycles. The smallest absolute Gasteiger partial charge is 0.262 e. The van der Waals surface area contributed by atoms with Crippen molar-refractivity contribution in [2.75, 3.05) is 32.5 Å². The average Bonchev–Trinajstić information content (AvgIpc) is 2.51. The Morgan fingerprint density at radius 2 is 2.39 bits per heavy atom. The van der Waals surface area contributed by atoms with Gasteiger partial charge in [-0.15, -0.1) is 0 Å². The highest BCUT2D eigenvalue weighted by atomic mass is 35.5. The normalized spacial score (nSPS) is 24.4. The number of H-pyrrole nitrogens is 1. The molecule has 0 aromatic carbocycles. The number of nitrogen functional groups attached to an aromatic ring is 1. The highest BCUT2D eigenvalue weighted by molar-refractivity contribution is 6.33. The van der Waals surface area contributed by atoms with E-state index in [-0.39, 0.29) is 29.1 Å². The van der Waals surface area contributed by atoms with Crippen molar-refractivity contribution in [2.24, 2.45) is 0 Å². The molecule has 1 saturated heterocycles. The maximum Gasteiger partial charge on any atom is 0.262 e. The second-order valence-electron chi connectivity index (χ2n) is 5.54. The largest absolute Gasteiger partial charge is 0.396 e. The van der Waals surface area contributed by atoms with Crippen LogP contribution in [0.5, 0.6) is 0 Å². The lowest BCUT2D eigenvalue weighted by Gasteiger charge is -2.44. The second-order valence-corrected chi connectivity index (χ2v) is 5.94. The van der Waals surface area contributed by atoms with Gasteiger partial charge in [0, 0.05) is 20.3 Å². The zero-order valence-electron chi connectivity index (χ0n) is 12.8. The van der Waals surface area contributed by atoms with E-state index in [2.05, 4.69) is 15.6 Å². The minimum absolute atomic E-state index is 0.00919. The predicted molar refractivity (Wildman–Crippen MR) is 86.7 cm³/mol. The topological polar surface area (TPSA) is 129 Å². The van der Waals surface area contributed by atoms with Crippen LogP contribution in [0.1, 0.15) is 23.2 Å². The fourth-order valence-electron chi connectivity index (χ4n) is 2.88. The zero-order valence-corrected chi connectivity index (χ0v) is 13.6. The number of carbonyl (C=O) groups excluding carboxylic acids is 1. The molecule has 1 aliphatic rings. The van der Waals surface area contributed by atoms with E-state index < -0.39 is 17.0 Å². The van der Waals surface area contributed by atoms with E-state index in [1.165, 1.54) is 6.07 Å². The molecule has 0 radical (unpaired) electrons. The Hall–Kier alpha value is -1.61. The van der Waals surface area contributed by atoms with Gasteiger partial charge in [0.25, 0.3) is 11.5 Å². The number of nitrogens with two attached hydrogens (primary N) is 1. The van der Waals surface area contributed by atoms with E-state index in [0.29, 0.717) is 25.9 Å². The molecule has 2 rings (SSSR count). The van der Waals surface area contributed by atoms with Crippen molar-refractivity contribution in [3.05, 3.63) is 27.0 Å². The monoisotopic (exact) mass is 344 g/mol. The number of hydrogen-bond donors (Lipinski definition) is 5. The van der Waals surface area contributed by atoms with Gasteiger partial charge in [-0.1, -0.05) is 11.6 Å². The number of rotatable bonds is 5. The standard InChI is InChI=1S/C14H21ClN4O4/c1-23-10-7-17-4-2-14(10,3-5-20)19-13(22)8-6-9(15)11(16)18-12(8)21/h6,10,17,20H,2-5,7H2,1H3,(H,19,22)(H3,16,18,21)/t10-,14+/m1/s1. The number of aliphatic hydroxyl groups is 1. The number of anilines is 1. The van der Waals surface area contributed by atoms with Crippen molar-refractivity contribution in [3.8, 4) is 0 Å².